The van der Waals surface area contributed by atoms with Gasteiger partial charge in [0.25, 0.3) is 5.91 Å². The number of piperidine rings is 1. The number of amides is 1. The molecule has 1 fully saturated rings. The third-order valence-electron chi connectivity index (χ3n) is 4.11. The topological polar surface area (TPSA) is 97.9 Å². The highest BCUT2D eigenvalue weighted by atomic mass is 16.1. The molecule has 1 atom stereocenters. The van der Waals surface area contributed by atoms with Crippen LogP contribution in [0.1, 0.15) is 34.7 Å². The predicted molar refractivity (Wildman–Crippen MR) is 86.0 cm³/mol. The molecule has 0 aromatic carbocycles. The second-order valence-corrected chi connectivity index (χ2v) is 5.93. The number of hydrogen-bond donors (Lipinski definition) is 1. The fourth-order valence-corrected chi connectivity index (χ4v) is 2.99. The number of nitrogens with zero attached hydrogens (tertiary/aromatic N) is 5. The highest BCUT2D eigenvalue weighted by Gasteiger charge is 2.22. The van der Waals surface area contributed by atoms with Crippen molar-refractivity contribution in [3.05, 3.63) is 41.9 Å². The first-order valence-electron chi connectivity index (χ1n) is 7.76. The molecule has 0 saturated carbocycles. The maximum absolute atomic E-state index is 11.2. The van der Waals surface area contributed by atoms with E-state index in [0.717, 1.165) is 49.6 Å². The molecule has 7 heteroatoms. The van der Waals surface area contributed by atoms with Crippen LogP contribution >= 0.6 is 0 Å². The van der Waals surface area contributed by atoms with Gasteiger partial charge in [-0.3, -0.25) is 4.79 Å². The van der Waals surface area contributed by atoms with Crippen LogP contribution in [0.2, 0.25) is 0 Å². The van der Waals surface area contributed by atoms with E-state index in [1.54, 1.807) is 12.4 Å². The van der Waals surface area contributed by atoms with E-state index < -0.39 is 5.91 Å². The first-order chi connectivity index (χ1) is 11.1. The van der Waals surface area contributed by atoms with Gasteiger partial charge in [-0.2, -0.15) is 0 Å². The molecule has 1 amide bonds. The molecule has 23 heavy (non-hydrogen) atoms. The lowest BCUT2D eigenvalue weighted by molar-refractivity contribution is 0.0995. The Morgan fingerprint density at radius 1 is 1.26 bits per heavy atom. The predicted octanol–water partition coefficient (Wildman–Crippen LogP) is 1.13. The average Bonchev–Trinajstić information content (AvgIpc) is 2.55. The van der Waals surface area contributed by atoms with Gasteiger partial charge in [-0.1, -0.05) is 0 Å². The molecule has 2 aromatic rings. The molecule has 0 aliphatic carbocycles. The maximum Gasteiger partial charge on any atom is 0.267 e. The van der Waals surface area contributed by atoms with Crippen LogP contribution in [0.3, 0.4) is 0 Å². The Balaban J connectivity index is 1.69. The Hall–Kier alpha value is -2.57. The molecule has 7 nitrogen and oxygen atoms in total. The average molecular weight is 312 g/mol. The normalized spacial score (nSPS) is 18.0. The minimum atomic E-state index is -0.518. The molecule has 3 heterocycles. The summed E-state index contributed by atoms with van der Waals surface area (Å²) in [4.78, 5) is 30.2. The van der Waals surface area contributed by atoms with Crippen LogP contribution in [0.15, 0.2) is 24.8 Å². The van der Waals surface area contributed by atoms with Crippen LogP contribution in [0, 0.1) is 12.8 Å². The van der Waals surface area contributed by atoms with Crippen LogP contribution < -0.4 is 10.6 Å². The minimum Gasteiger partial charge on any atom is -0.364 e. The fourth-order valence-electron chi connectivity index (χ4n) is 2.99. The first-order valence-corrected chi connectivity index (χ1v) is 7.76. The summed E-state index contributed by atoms with van der Waals surface area (Å²) in [6, 6.07) is 3.70. The largest absolute Gasteiger partial charge is 0.364 e. The van der Waals surface area contributed by atoms with Gasteiger partial charge in [0, 0.05) is 30.5 Å². The zero-order valence-corrected chi connectivity index (χ0v) is 13.1. The van der Waals surface area contributed by atoms with Gasteiger partial charge < -0.3 is 10.6 Å². The Labute approximate surface area is 135 Å². The number of anilines is 1. The lowest BCUT2D eigenvalue weighted by atomic mass is 9.93. The van der Waals surface area contributed by atoms with Crippen molar-refractivity contribution in [3.8, 4) is 0 Å². The van der Waals surface area contributed by atoms with Crippen molar-refractivity contribution in [1.29, 1.82) is 0 Å². The smallest absolute Gasteiger partial charge is 0.267 e. The summed E-state index contributed by atoms with van der Waals surface area (Å²) >= 11 is 0. The second kappa shape index (κ2) is 6.68. The molecule has 0 unspecified atom stereocenters. The van der Waals surface area contributed by atoms with Crippen LogP contribution in [0.4, 0.5) is 5.82 Å². The number of hydrogen-bond acceptors (Lipinski definition) is 6. The maximum atomic E-state index is 11.2. The summed E-state index contributed by atoms with van der Waals surface area (Å²) in [6.07, 6.45) is 6.07. The van der Waals surface area contributed by atoms with Gasteiger partial charge in [-0.25, -0.2) is 19.9 Å². The van der Waals surface area contributed by atoms with E-state index >= 15 is 0 Å². The van der Waals surface area contributed by atoms with E-state index in [0.29, 0.717) is 5.92 Å². The van der Waals surface area contributed by atoms with Crippen molar-refractivity contribution in [2.75, 3.05) is 18.0 Å². The van der Waals surface area contributed by atoms with Crippen molar-refractivity contribution in [1.82, 2.24) is 19.9 Å². The SMILES string of the molecule is Cc1cc(N2CCC[C@H](Cc3cc(C(N)=O)ncn3)C2)ncn1. The third kappa shape index (κ3) is 3.80. The van der Waals surface area contributed by atoms with E-state index in [4.69, 9.17) is 5.73 Å². The Bertz CT molecular complexity index is 704. The lowest BCUT2D eigenvalue weighted by Gasteiger charge is -2.33. The van der Waals surface area contributed by atoms with E-state index in [1.807, 2.05) is 13.0 Å². The van der Waals surface area contributed by atoms with E-state index in [2.05, 4.69) is 24.8 Å². The van der Waals surface area contributed by atoms with Gasteiger partial charge in [0.2, 0.25) is 0 Å². The van der Waals surface area contributed by atoms with Crippen molar-refractivity contribution in [2.45, 2.75) is 26.2 Å². The Kier molecular flexibility index (Phi) is 4.45. The summed E-state index contributed by atoms with van der Waals surface area (Å²) in [6.45, 7) is 3.90. The van der Waals surface area contributed by atoms with Crippen molar-refractivity contribution in [2.24, 2.45) is 11.7 Å². The second-order valence-electron chi connectivity index (χ2n) is 5.93. The molecule has 1 saturated heterocycles. The number of rotatable bonds is 4. The van der Waals surface area contributed by atoms with Crippen LogP contribution in [-0.4, -0.2) is 38.9 Å². The number of carbonyl (C=O) groups is 1. The van der Waals surface area contributed by atoms with Gasteiger partial charge in [-0.05, 0) is 38.2 Å². The molecular weight excluding hydrogens is 292 g/mol. The number of nitrogens with two attached hydrogens (primary N) is 1. The van der Waals surface area contributed by atoms with Crippen molar-refractivity contribution >= 4 is 11.7 Å². The van der Waals surface area contributed by atoms with Gasteiger partial charge in [0.05, 0.1) is 0 Å². The summed E-state index contributed by atoms with van der Waals surface area (Å²) < 4.78 is 0. The van der Waals surface area contributed by atoms with Gasteiger partial charge in [0.1, 0.15) is 24.2 Å². The Morgan fingerprint density at radius 3 is 2.87 bits per heavy atom. The standard InChI is InChI=1S/C16H20N6O/c1-11-5-15(21-9-18-11)22-4-2-3-12(8-22)6-13-7-14(16(17)23)20-10-19-13/h5,7,9-10,12H,2-4,6,8H2,1H3,(H2,17,23)/t12-/m1/s1. The molecular formula is C16H20N6O. The number of aryl methyl sites for hydroxylation is 1. The minimum absolute atomic E-state index is 0.272. The van der Waals surface area contributed by atoms with Gasteiger partial charge in [-0.15, -0.1) is 0 Å². The molecule has 1 aliphatic rings. The summed E-state index contributed by atoms with van der Waals surface area (Å²) in [5.74, 6) is 0.924. The quantitative estimate of drug-likeness (QED) is 0.909. The van der Waals surface area contributed by atoms with E-state index in [1.165, 1.54) is 6.33 Å². The number of aromatic nitrogens is 4. The van der Waals surface area contributed by atoms with Crippen LogP contribution in [-0.2, 0) is 6.42 Å². The number of carbonyl (C=O) groups excluding carboxylic acids is 1. The Morgan fingerprint density at radius 2 is 2.09 bits per heavy atom. The van der Waals surface area contributed by atoms with Gasteiger partial charge in [0.15, 0.2) is 0 Å². The van der Waals surface area contributed by atoms with Crippen molar-refractivity contribution in [3.63, 3.8) is 0 Å². The highest BCUT2D eigenvalue weighted by molar-refractivity contribution is 5.90. The lowest BCUT2D eigenvalue weighted by Crippen LogP contribution is -2.37. The summed E-state index contributed by atoms with van der Waals surface area (Å²) in [5.41, 5.74) is 7.38. The molecule has 0 bridgehead atoms. The zero-order valence-electron chi connectivity index (χ0n) is 13.1. The fraction of sp³-hybridized carbons (Fsp3) is 0.438. The monoisotopic (exact) mass is 312 g/mol. The van der Waals surface area contributed by atoms with Crippen molar-refractivity contribution < 1.29 is 4.79 Å². The van der Waals surface area contributed by atoms with E-state index in [9.17, 15) is 4.79 Å². The first kappa shape index (κ1) is 15.3. The molecule has 120 valence electrons. The zero-order chi connectivity index (χ0) is 16.2. The highest BCUT2D eigenvalue weighted by Crippen LogP contribution is 2.24. The molecule has 0 radical (unpaired) electrons. The molecule has 0 spiro atoms. The molecule has 2 aromatic heterocycles. The van der Waals surface area contributed by atoms with Crippen LogP contribution in [0.5, 0.6) is 0 Å². The molecule has 1 aliphatic heterocycles. The summed E-state index contributed by atoms with van der Waals surface area (Å²) in [5, 5.41) is 0. The van der Waals surface area contributed by atoms with Gasteiger partial charge >= 0.3 is 0 Å². The summed E-state index contributed by atoms with van der Waals surface area (Å²) in [7, 11) is 0. The molecule has 2 N–H and O–H groups in total. The third-order valence-corrected chi connectivity index (χ3v) is 4.11. The number of primary amides is 1. The molecule has 3 rings (SSSR count). The van der Waals surface area contributed by atoms with Crippen LogP contribution in [0.25, 0.3) is 0 Å². The van der Waals surface area contributed by atoms with E-state index in [-0.39, 0.29) is 5.69 Å².